The molecule has 0 amide bonds. The second kappa shape index (κ2) is 6.79. The molecule has 2 aliphatic rings. The quantitative estimate of drug-likeness (QED) is 0.416. The highest BCUT2D eigenvalue weighted by Gasteiger charge is 2.25. The second-order valence-electron chi connectivity index (χ2n) is 2.97. The van der Waals surface area contributed by atoms with E-state index in [0.717, 1.165) is 6.04 Å². The largest absolute Gasteiger partial charge is 0.299 e. The number of hydrogen-bond donors (Lipinski definition) is 0. The topological polar surface area (TPSA) is 3.24 Å². The lowest BCUT2D eigenvalue weighted by atomic mass is 10.3. The standard InChI is InChI=1S/C7H13NS2.CH3I/c1-2-4-8(3-1)7-5-9-10-6-7;1-2/h7H,1-6H2;1H3. The van der Waals surface area contributed by atoms with Gasteiger partial charge in [-0.15, -0.1) is 0 Å². The van der Waals surface area contributed by atoms with Crippen LogP contribution in [0.1, 0.15) is 12.8 Å². The maximum Gasteiger partial charge on any atom is 0.0293 e. The fourth-order valence-electron chi connectivity index (χ4n) is 1.62. The Morgan fingerprint density at radius 3 is 2.08 bits per heavy atom. The Kier molecular flexibility index (Phi) is 6.48. The number of likely N-dealkylation sites (tertiary alicyclic amines) is 1. The molecular weight excluding hydrogens is 301 g/mol. The molecule has 2 heterocycles. The Hall–Kier alpha value is 1.39. The summed E-state index contributed by atoms with van der Waals surface area (Å²) in [4.78, 5) is 4.63. The molecule has 2 fully saturated rings. The molecule has 2 aliphatic heterocycles. The molecule has 0 radical (unpaired) electrons. The van der Waals surface area contributed by atoms with E-state index in [1.165, 1.54) is 37.4 Å². The van der Waals surface area contributed by atoms with Gasteiger partial charge in [0.1, 0.15) is 0 Å². The van der Waals surface area contributed by atoms with Crippen LogP contribution in [-0.4, -0.2) is 40.5 Å². The first-order valence-corrected chi connectivity index (χ1v) is 8.97. The summed E-state index contributed by atoms with van der Waals surface area (Å²) in [6.45, 7) is 2.73. The lowest BCUT2D eigenvalue weighted by molar-refractivity contribution is 0.286. The summed E-state index contributed by atoms with van der Waals surface area (Å²) in [7, 11) is 4.09. The number of hydrogen-bond acceptors (Lipinski definition) is 3. The second-order valence-corrected chi connectivity index (χ2v) is 5.52. The zero-order valence-electron chi connectivity index (χ0n) is 7.46. The average molecular weight is 317 g/mol. The molecule has 1 nitrogen and oxygen atoms in total. The molecule has 4 heteroatoms. The van der Waals surface area contributed by atoms with Crippen molar-refractivity contribution in [3.8, 4) is 0 Å². The molecule has 12 heavy (non-hydrogen) atoms. The van der Waals surface area contributed by atoms with Crippen LogP contribution >= 0.6 is 44.2 Å². The van der Waals surface area contributed by atoms with Gasteiger partial charge in [-0.2, -0.15) is 0 Å². The summed E-state index contributed by atoms with van der Waals surface area (Å²) in [5, 5.41) is 0. The van der Waals surface area contributed by atoms with Crippen molar-refractivity contribution >= 4 is 44.2 Å². The van der Waals surface area contributed by atoms with E-state index < -0.39 is 0 Å². The molecule has 0 atom stereocenters. The maximum atomic E-state index is 2.66. The molecule has 0 aromatic heterocycles. The minimum atomic E-state index is 0.914. The Bertz CT molecular complexity index is 97.6. The SMILES string of the molecule is C1CCN(C2CSSC2)C1.CI. The fourth-order valence-corrected chi connectivity index (χ4v) is 4.45. The molecule has 0 aromatic rings. The van der Waals surface area contributed by atoms with Crippen LogP contribution in [0.2, 0.25) is 0 Å². The van der Waals surface area contributed by atoms with Crippen molar-refractivity contribution < 1.29 is 0 Å². The molecule has 72 valence electrons. The van der Waals surface area contributed by atoms with Gasteiger partial charge in [0, 0.05) is 17.5 Å². The van der Waals surface area contributed by atoms with Gasteiger partial charge in [-0.25, -0.2) is 0 Å². The van der Waals surface area contributed by atoms with Crippen LogP contribution in [0.4, 0.5) is 0 Å². The van der Waals surface area contributed by atoms with Crippen molar-refractivity contribution in [1.29, 1.82) is 0 Å². The summed E-state index contributed by atoms with van der Waals surface area (Å²) in [5.74, 6) is 2.73. The fraction of sp³-hybridized carbons (Fsp3) is 1.00. The highest BCUT2D eigenvalue weighted by Crippen LogP contribution is 2.34. The van der Waals surface area contributed by atoms with Crippen molar-refractivity contribution in [2.24, 2.45) is 0 Å². The smallest absolute Gasteiger partial charge is 0.0293 e. The van der Waals surface area contributed by atoms with Crippen molar-refractivity contribution in [1.82, 2.24) is 4.90 Å². The summed E-state index contributed by atoms with van der Waals surface area (Å²) >= 11 is 2.15. The molecule has 0 aliphatic carbocycles. The molecule has 0 spiro atoms. The van der Waals surface area contributed by atoms with E-state index in [9.17, 15) is 0 Å². The predicted octanol–water partition coefficient (Wildman–Crippen LogP) is 2.90. The number of rotatable bonds is 1. The lowest BCUT2D eigenvalue weighted by Crippen LogP contribution is -2.34. The average Bonchev–Trinajstić information content (AvgIpc) is 2.80. The highest BCUT2D eigenvalue weighted by atomic mass is 127. The van der Waals surface area contributed by atoms with Gasteiger partial charge >= 0.3 is 0 Å². The van der Waals surface area contributed by atoms with Crippen molar-refractivity contribution in [3.63, 3.8) is 0 Å². The monoisotopic (exact) mass is 317 g/mol. The Morgan fingerprint density at radius 1 is 1.08 bits per heavy atom. The number of nitrogens with zero attached hydrogens (tertiary/aromatic N) is 1. The van der Waals surface area contributed by atoms with Crippen LogP contribution in [0.15, 0.2) is 0 Å². The molecular formula is C8H16INS2. The zero-order chi connectivity index (χ0) is 8.81. The van der Waals surface area contributed by atoms with Gasteiger partial charge in [0.05, 0.1) is 0 Å². The van der Waals surface area contributed by atoms with Gasteiger partial charge in [-0.3, -0.25) is 4.90 Å². The van der Waals surface area contributed by atoms with Gasteiger partial charge in [0.15, 0.2) is 0 Å². The first-order chi connectivity index (χ1) is 5.97. The molecule has 0 unspecified atom stereocenters. The van der Waals surface area contributed by atoms with Gasteiger partial charge in [-0.1, -0.05) is 44.2 Å². The molecule has 0 aromatic carbocycles. The van der Waals surface area contributed by atoms with E-state index in [1.54, 1.807) is 0 Å². The van der Waals surface area contributed by atoms with Crippen LogP contribution in [0.3, 0.4) is 0 Å². The van der Waals surface area contributed by atoms with E-state index >= 15 is 0 Å². The Labute approximate surface area is 97.0 Å². The van der Waals surface area contributed by atoms with Crippen LogP contribution in [0.25, 0.3) is 0 Å². The van der Waals surface area contributed by atoms with Crippen molar-refractivity contribution in [3.05, 3.63) is 0 Å². The van der Waals surface area contributed by atoms with E-state index in [-0.39, 0.29) is 0 Å². The zero-order valence-corrected chi connectivity index (χ0v) is 11.3. The van der Waals surface area contributed by atoms with Crippen LogP contribution < -0.4 is 0 Å². The first kappa shape index (κ1) is 11.5. The highest BCUT2D eigenvalue weighted by molar-refractivity contribution is 14.1. The lowest BCUT2D eigenvalue weighted by Gasteiger charge is -2.20. The minimum Gasteiger partial charge on any atom is -0.299 e. The normalized spacial score (nSPS) is 25.5. The van der Waals surface area contributed by atoms with Gasteiger partial charge in [0.25, 0.3) is 0 Å². The summed E-state index contributed by atoms with van der Waals surface area (Å²) < 4.78 is 0. The number of halogens is 1. The Morgan fingerprint density at radius 2 is 1.58 bits per heavy atom. The Balaban J connectivity index is 0.000000336. The maximum absolute atomic E-state index is 2.66. The van der Waals surface area contributed by atoms with Crippen LogP contribution in [0.5, 0.6) is 0 Å². The first-order valence-electron chi connectivity index (χ1n) is 4.33. The molecule has 2 saturated heterocycles. The van der Waals surface area contributed by atoms with Crippen LogP contribution in [0, 0.1) is 0 Å². The predicted molar refractivity (Wildman–Crippen MR) is 69.5 cm³/mol. The van der Waals surface area contributed by atoms with E-state index in [2.05, 4.69) is 27.5 Å². The van der Waals surface area contributed by atoms with E-state index in [1.807, 2.05) is 26.5 Å². The number of alkyl halides is 1. The van der Waals surface area contributed by atoms with Crippen molar-refractivity contribution in [2.75, 3.05) is 29.5 Å². The van der Waals surface area contributed by atoms with Crippen LogP contribution in [-0.2, 0) is 0 Å². The van der Waals surface area contributed by atoms with Gasteiger partial charge < -0.3 is 0 Å². The van der Waals surface area contributed by atoms with Gasteiger partial charge in [-0.05, 0) is 30.9 Å². The minimum absolute atomic E-state index is 0.914. The third-order valence-electron chi connectivity index (χ3n) is 2.26. The van der Waals surface area contributed by atoms with E-state index in [4.69, 9.17) is 0 Å². The molecule has 0 bridgehead atoms. The van der Waals surface area contributed by atoms with E-state index in [0.29, 0.717) is 0 Å². The summed E-state index contributed by atoms with van der Waals surface area (Å²) in [6, 6.07) is 0.914. The summed E-state index contributed by atoms with van der Waals surface area (Å²) in [6.07, 6.45) is 2.87. The van der Waals surface area contributed by atoms with Crippen molar-refractivity contribution in [2.45, 2.75) is 18.9 Å². The van der Waals surface area contributed by atoms with Gasteiger partial charge in [0.2, 0.25) is 0 Å². The third kappa shape index (κ3) is 3.27. The molecule has 0 N–H and O–H groups in total. The molecule has 2 rings (SSSR count). The third-order valence-corrected chi connectivity index (χ3v) is 4.79. The molecule has 0 saturated carbocycles. The summed E-state index contributed by atoms with van der Waals surface area (Å²) in [5.41, 5.74) is 0.